The van der Waals surface area contributed by atoms with Gasteiger partial charge in [-0.2, -0.15) is 0 Å². The number of rotatable bonds is 7. The maximum absolute atomic E-state index is 12.4. The predicted octanol–water partition coefficient (Wildman–Crippen LogP) is 4.12. The Labute approximate surface area is 173 Å². The number of thiazole rings is 1. The highest BCUT2D eigenvalue weighted by molar-refractivity contribution is 7.09. The highest BCUT2D eigenvalue weighted by Crippen LogP contribution is 2.16. The first-order valence-corrected chi connectivity index (χ1v) is 10.3. The molecule has 0 atom stereocenters. The Hall–Kier alpha value is -3.19. The smallest absolute Gasteiger partial charge is 0.251 e. The minimum atomic E-state index is -0.103. The molecule has 0 fully saturated rings. The average Bonchev–Trinajstić information content (AvgIpc) is 3.29. The highest BCUT2D eigenvalue weighted by Gasteiger charge is 2.09. The molecule has 1 N–H and O–H groups in total. The third-order valence-corrected chi connectivity index (χ3v) is 5.46. The molecule has 0 unspecified atom stereocenters. The molecule has 0 aliphatic heterocycles. The van der Waals surface area contributed by atoms with Crippen LogP contribution in [0.5, 0.6) is 5.75 Å². The number of benzene rings is 2. The van der Waals surface area contributed by atoms with Gasteiger partial charge < -0.3 is 14.6 Å². The van der Waals surface area contributed by atoms with Gasteiger partial charge in [-0.25, -0.2) is 9.97 Å². The molecule has 0 aliphatic carbocycles. The lowest BCUT2D eigenvalue weighted by Gasteiger charge is -2.09. The second-order valence-electron chi connectivity index (χ2n) is 6.73. The van der Waals surface area contributed by atoms with Crippen LogP contribution in [0.4, 0.5) is 0 Å². The first kappa shape index (κ1) is 19.1. The van der Waals surface area contributed by atoms with Crippen LogP contribution in [-0.2, 0) is 13.2 Å². The number of hydrogen-bond donors (Lipinski definition) is 1. The van der Waals surface area contributed by atoms with Crippen molar-refractivity contribution in [2.45, 2.75) is 27.0 Å². The molecule has 0 saturated heterocycles. The van der Waals surface area contributed by atoms with Gasteiger partial charge in [0.15, 0.2) is 0 Å². The van der Waals surface area contributed by atoms with E-state index in [4.69, 9.17) is 4.74 Å². The molecule has 0 aliphatic rings. The van der Waals surface area contributed by atoms with E-state index in [0.717, 1.165) is 27.6 Å². The summed E-state index contributed by atoms with van der Waals surface area (Å²) < 4.78 is 7.84. The number of ether oxygens (including phenoxy) is 1. The van der Waals surface area contributed by atoms with E-state index in [0.29, 0.717) is 31.0 Å². The van der Waals surface area contributed by atoms with Crippen LogP contribution in [-0.4, -0.2) is 27.0 Å². The highest BCUT2D eigenvalue weighted by atomic mass is 32.1. The van der Waals surface area contributed by atoms with Crippen molar-refractivity contribution in [1.82, 2.24) is 19.9 Å². The topological polar surface area (TPSA) is 69.0 Å². The second-order valence-corrected chi connectivity index (χ2v) is 7.79. The Morgan fingerprint density at radius 3 is 2.66 bits per heavy atom. The van der Waals surface area contributed by atoms with E-state index in [1.54, 1.807) is 23.5 Å². The van der Waals surface area contributed by atoms with E-state index in [2.05, 4.69) is 19.9 Å². The molecular weight excluding hydrogens is 384 g/mol. The Morgan fingerprint density at radius 2 is 1.90 bits per heavy atom. The zero-order valence-corrected chi connectivity index (χ0v) is 17.2. The van der Waals surface area contributed by atoms with Gasteiger partial charge in [-0.1, -0.05) is 12.1 Å². The maximum Gasteiger partial charge on any atom is 0.251 e. The number of hydrogen-bond acceptors (Lipinski definition) is 5. The van der Waals surface area contributed by atoms with Gasteiger partial charge in [0.2, 0.25) is 0 Å². The minimum absolute atomic E-state index is 0.103. The van der Waals surface area contributed by atoms with Crippen molar-refractivity contribution < 1.29 is 9.53 Å². The summed E-state index contributed by atoms with van der Waals surface area (Å²) in [7, 11) is 0. The standard InChI is InChI=1S/C22H22N4O2S/c1-15-24-20-5-3-4-6-21(20)26(15)12-11-23-22(27)17-7-9-19(10-8-17)28-13-18-14-29-16(2)25-18/h3-10,14H,11-13H2,1-2H3,(H,23,27). The van der Waals surface area contributed by atoms with Gasteiger partial charge in [0.1, 0.15) is 18.2 Å². The Kier molecular flexibility index (Phi) is 5.57. The number of imidazole rings is 1. The number of nitrogens with one attached hydrogen (secondary N) is 1. The molecule has 0 radical (unpaired) electrons. The molecule has 6 nitrogen and oxygen atoms in total. The summed E-state index contributed by atoms with van der Waals surface area (Å²) >= 11 is 1.60. The fourth-order valence-corrected chi connectivity index (χ4v) is 3.79. The van der Waals surface area contributed by atoms with Crippen LogP contribution in [0.1, 0.15) is 26.9 Å². The zero-order chi connectivity index (χ0) is 20.2. The average molecular weight is 407 g/mol. The lowest BCUT2D eigenvalue weighted by atomic mass is 10.2. The van der Waals surface area contributed by atoms with Crippen molar-refractivity contribution in [2.24, 2.45) is 0 Å². The Bertz CT molecular complexity index is 1130. The van der Waals surface area contributed by atoms with Gasteiger partial charge in [0.05, 0.1) is 21.7 Å². The molecule has 2 aromatic heterocycles. The maximum atomic E-state index is 12.4. The summed E-state index contributed by atoms with van der Waals surface area (Å²) in [5.41, 5.74) is 3.57. The number of carbonyl (C=O) groups excluding carboxylic acids is 1. The van der Waals surface area contributed by atoms with Crippen molar-refractivity contribution in [3.8, 4) is 5.75 Å². The van der Waals surface area contributed by atoms with E-state index < -0.39 is 0 Å². The fourth-order valence-electron chi connectivity index (χ4n) is 3.20. The summed E-state index contributed by atoms with van der Waals surface area (Å²) in [6, 6.07) is 15.2. The molecular formula is C22H22N4O2S. The van der Waals surface area contributed by atoms with Crippen molar-refractivity contribution in [1.29, 1.82) is 0 Å². The zero-order valence-electron chi connectivity index (χ0n) is 16.4. The molecule has 0 spiro atoms. The Balaban J connectivity index is 1.31. The van der Waals surface area contributed by atoms with Gasteiger partial charge in [-0.3, -0.25) is 4.79 Å². The second kappa shape index (κ2) is 8.45. The van der Waals surface area contributed by atoms with E-state index in [1.165, 1.54) is 0 Å². The molecule has 148 valence electrons. The molecule has 29 heavy (non-hydrogen) atoms. The van der Waals surface area contributed by atoms with Gasteiger partial charge in [-0.05, 0) is 50.2 Å². The van der Waals surface area contributed by atoms with Crippen LogP contribution in [0.3, 0.4) is 0 Å². The quantitative estimate of drug-likeness (QED) is 0.501. The monoisotopic (exact) mass is 406 g/mol. The number of aromatic nitrogens is 3. The fraction of sp³-hybridized carbons (Fsp3) is 0.227. The number of aryl methyl sites for hydroxylation is 2. The molecule has 2 heterocycles. The lowest BCUT2D eigenvalue weighted by Crippen LogP contribution is -2.27. The summed E-state index contributed by atoms with van der Waals surface area (Å²) in [6.07, 6.45) is 0. The van der Waals surface area contributed by atoms with Crippen LogP contribution in [0.15, 0.2) is 53.9 Å². The summed E-state index contributed by atoms with van der Waals surface area (Å²) in [5.74, 6) is 1.55. The molecule has 7 heteroatoms. The van der Waals surface area contributed by atoms with Gasteiger partial charge >= 0.3 is 0 Å². The summed E-state index contributed by atoms with van der Waals surface area (Å²) in [6.45, 7) is 5.58. The largest absolute Gasteiger partial charge is 0.487 e. The third kappa shape index (κ3) is 4.46. The van der Waals surface area contributed by atoms with Gasteiger partial charge in [-0.15, -0.1) is 11.3 Å². The number of amides is 1. The Morgan fingerprint density at radius 1 is 1.10 bits per heavy atom. The summed E-state index contributed by atoms with van der Waals surface area (Å²) in [4.78, 5) is 21.4. The summed E-state index contributed by atoms with van der Waals surface area (Å²) in [5, 5.41) is 5.98. The molecule has 0 saturated carbocycles. The molecule has 2 aromatic carbocycles. The van der Waals surface area contributed by atoms with Crippen LogP contribution in [0, 0.1) is 13.8 Å². The van der Waals surface area contributed by atoms with Crippen LogP contribution in [0.25, 0.3) is 11.0 Å². The molecule has 0 bridgehead atoms. The van der Waals surface area contributed by atoms with Crippen molar-refractivity contribution in [2.75, 3.05) is 6.54 Å². The van der Waals surface area contributed by atoms with Crippen molar-refractivity contribution in [3.63, 3.8) is 0 Å². The van der Waals surface area contributed by atoms with E-state index >= 15 is 0 Å². The molecule has 1 amide bonds. The van der Waals surface area contributed by atoms with Crippen LogP contribution >= 0.6 is 11.3 Å². The molecule has 4 aromatic rings. The minimum Gasteiger partial charge on any atom is -0.487 e. The van der Waals surface area contributed by atoms with Crippen molar-refractivity contribution >= 4 is 28.3 Å². The van der Waals surface area contributed by atoms with Crippen molar-refractivity contribution in [3.05, 3.63) is 76.0 Å². The van der Waals surface area contributed by atoms with E-state index in [1.807, 2.05) is 55.6 Å². The SMILES string of the molecule is Cc1nc(COc2ccc(C(=O)NCCn3c(C)nc4ccccc43)cc2)cs1. The number of nitrogens with zero attached hydrogens (tertiary/aromatic N) is 3. The lowest BCUT2D eigenvalue weighted by molar-refractivity contribution is 0.0952. The van der Waals surface area contributed by atoms with Gasteiger partial charge in [0, 0.05) is 24.0 Å². The van der Waals surface area contributed by atoms with E-state index in [9.17, 15) is 4.79 Å². The first-order chi connectivity index (χ1) is 14.1. The first-order valence-electron chi connectivity index (χ1n) is 9.44. The predicted molar refractivity (Wildman–Crippen MR) is 114 cm³/mol. The van der Waals surface area contributed by atoms with Gasteiger partial charge in [0.25, 0.3) is 5.91 Å². The number of para-hydroxylation sites is 2. The third-order valence-electron chi connectivity index (χ3n) is 4.64. The number of fused-ring (bicyclic) bond motifs is 1. The number of carbonyl (C=O) groups is 1. The van der Waals surface area contributed by atoms with E-state index in [-0.39, 0.29) is 5.91 Å². The van der Waals surface area contributed by atoms with Crippen LogP contribution < -0.4 is 10.1 Å². The normalized spacial score (nSPS) is 11.0. The van der Waals surface area contributed by atoms with Crippen LogP contribution in [0.2, 0.25) is 0 Å². The molecule has 4 rings (SSSR count).